The third-order valence-corrected chi connectivity index (χ3v) is 3.76. The van der Waals surface area contributed by atoms with Crippen LogP contribution in [0.15, 0.2) is 24.3 Å². The monoisotopic (exact) mass is 266 g/mol. The molecule has 0 aromatic heterocycles. The molecule has 0 aliphatic carbocycles. The molecule has 19 heavy (non-hydrogen) atoms. The molecular formula is C16H26O3. The minimum atomic E-state index is -0.436. The maximum Gasteiger partial charge on any atom is 0.306 e. The van der Waals surface area contributed by atoms with Gasteiger partial charge in [0, 0.05) is 12.8 Å². The fraction of sp³-hybridized carbons (Fsp3) is 0.688. The number of aliphatic hydroxyl groups excluding tert-OH is 1. The molecule has 1 N–H and O–H groups in total. The fourth-order valence-electron chi connectivity index (χ4n) is 2.10. The molecule has 0 spiro atoms. The van der Waals surface area contributed by atoms with Crippen LogP contribution in [-0.4, -0.2) is 23.3 Å². The molecule has 1 rings (SSSR count). The van der Waals surface area contributed by atoms with Crippen LogP contribution in [0.3, 0.4) is 0 Å². The van der Waals surface area contributed by atoms with Crippen LogP contribution in [0.4, 0.5) is 0 Å². The summed E-state index contributed by atoms with van der Waals surface area (Å²) >= 11 is 0. The highest BCUT2D eigenvalue weighted by Crippen LogP contribution is 2.21. The van der Waals surface area contributed by atoms with Crippen molar-refractivity contribution in [3.63, 3.8) is 0 Å². The minimum Gasteiger partial charge on any atom is -0.462 e. The van der Waals surface area contributed by atoms with Crippen LogP contribution >= 0.6 is 0 Å². The first kappa shape index (κ1) is 16.0. The Morgan fingerprint density at radius 1 is 1.16 bits per heavy atom. The molecule has 1 aliphatic heterocycles. The Balaban J connectivity index is 2.68. The van der Waals surface area contributed by atoms with Gasteiger partial charge in [-0.1, -0.05) is 38.2 Å². The highest BCUT2D eigenvalue weighted by molar-refractivity contribution is 5.69. The molecule has 0 bridgehead atoms. The van der Waals surface area contributed by atoms with Crippen molar-refractivity contribution in [3.8, 4) is 0 Å². The Kier molecular flexibility index (Phi) is 6.85. The molecule has 0 saturated heterocycles. The molecule has 0 aromatic rings. The molecule has 0 aromatic carbocycles. The van der Waals surface area contributed by atoms with Gasteiger partial charge in [-0.05, 0) is 31.6 Å². The quantitative estimate of drug-likeness (QED) is 0.541. The van der Waals surface area contributed by atoms with E-state index in [1.807, 2.05) is 25.2 Å². The lowest BCUT2D eigenvalue weighted by Gasteiger charge is -2.22. The Morgan fingerprint density at radius 2 is 1.89 bits per heavy atom. The molecule has 0 amide bonds. The summed E-state index contributed by atoms with van der Waals surface area (Å²) in [5.74, 6) is 0.495. The zero-order chi connectivity index (χ0) is 14.3. The first-order chi connectivity index (χ1) is 9.00. The van der Waals surface area contributed by atoms with Crippen molar-refractivity contribution < 1.29 is 14.6 Å². The van der Waals surface area contributed by atoms with Crippen molar-refractivity contribution in [2.24, 2.45) is 11.8 Å². The predicted octanol–water partition coefficient (Wildman–Crippen LogP) is 3.24. The summed E-state index contributed by atoms with van der Waals surface area (Å²) in [7, 11) is 0. The van der Waals surface area contributed by atoms with Gasteiger partial charge in [-0.25, -0.2) is 0 Å². The van der Waals surface area contributed by atoms with E-state index in [4.69, 9.17) is 4.74 Å². The highest BCUT2D eigenvalue weighted by Gasteiger charge is 2.18. The number of hydrogen-bond acceptors (Lipinski definition) is 3. The molecule has 1 aliphatic rings. The maximum absolute atomic E-state index is 11.5. The summed E-state index contributed by atoms with van der Waals surface area (Å²) in [5, 5.41) is 10.1. The number of ether oxygens (including phenoxy) is 1. The SMILES string of the molecule is CC1C/C=C\C(O)C(C)C(C)C/C=C/CCC(=O)O1. The second kappa shape index (κ2) is 8.16. The van der Waals surface area contributed by atoms with E-state index in [2.05, 4.69) is 19.9 Å². The zero-order valence-electron chi connectivity index (χ0n) is 12.2. The van der Waals surface area contributed by atoms with E-state index >= 15 is 0 Å². The molecule has 4 unspecified atom stereocenters. The van der Waals surface area contributed by atoms with Crippen molar-refractivity contribution in [2.45, 2.75) is 58.7 Å². The van der Waals surface area contributed by atoms with Crippen molar-refractivity contribution in [3.05, 3.63) is 24.3 Å². The number of hydrogen-bond donors (Lipinski definition) is 1. The van der Waals surface area contributed by atoms with Gasteiger partial charge >= 0.3 is 5.97 Å². The number of allylic oxidation sites excluding steroid dienone is 2. The minimum absolute atomic E-state index is 0.129. The molecule has 4 atom stereocenters. The van der Waals surface area contributed by atoms with E-state index < -0.39 is 6.10 Å². The largest absolute Gasteiger partial charge is 0.462 e. The molecular weight excluding hydrogens is 240 g/mol. The number of carbonyl (C=O) groups excluding carboxylic acids is 1. The fourth-order valence-corrected chi connectivity index (χ4v) is 2.10. The highest BCUT2D eigenvalue weighted by atomic mass is 16.5. The number of esters is 1. The van der Waals surface area contributed by atoms with Crippen LogP contribution in [0.2, 0.25) is 0 Å². The van der Waals surface area contributed by atoms with Crippen LogP contribution in [0.1, 0.15) is 46.5 Å². The van der Waals surface area contributed by atoms with E-state index in [1.54, 1.807) is 0 Å². The topological polar surface area (TPSA) is 46.5 Å². The van der Waals surface area contributed by atoms with Crippen molar-refractivity contribution >= 4 is 5.97 Å². The van der Waals surface area contributed by atoms with Gasteiger partial charge in [0.15, 0.2) is 0 Å². The second-order valence-corrected chi connectivity index (χ2v) is 5.54. The van der Waals surface area contributed by atoms with E-state index in [0.717, 1.165) is 12.8 Å². The van der Waals surface area contributed by atoms with Crippen molar-refractivity contribution in [1.29, 1.82) is 0 Å². The van der Waals surface area contributed by atoms with E-state index in [0.29, 0.717) is 18.8 Å². The molecule has 3 heteroatoms. The first-order valence-corrected chi connectivity index (χ1v) is 7.20. The average Bonchev–Trinajstić information content (AvgIpc) is 2.35. The van der Waals surface area contributed by atoms with Gasteiger partial charge in [-0.2, -0.15) is 0 Å². The Bertz CT molecular complexity index is 333. The van der Waals surface area contributed by atoms with E-state index in [1.165, 1.54) is 0 Å². The third kappa shape index (κ3) is 6.06. The third-order valence-electron chi connectivity index (χ3n) is 3.76. The van der Waals surface area contributed by atoms with Gasteiger partial charge in [0.1, 0.15) is 6.10 Å². The van der Waals surface area contributed by atoms with Crippen molar-refractivity contribution in [2.75, 3.05) is 0 Å². The summed E-state index contributed by atoms with van der Waals surface area (Å²) < 4.78 is 5.27. The van der Waals surface area contributed by atoms with Crippen LogP contribution in [0.25, 0.3) is 0 Å². The summed E-state index contributed by atoms with van der Waals surface area (Å²) in [5.41, 5.74) is 0. The van der Waals surface area contributed by atoms with Gasteiger partial charge in [0.05, 0.1) is 6.10 Å². The lowest BCUT2D eigenvalue weighted by atomic mass is 9.87. The van der Waals surface area contributed by atoms with Gasteiger partial charge in [-0.15, -0.1) is 0 Å². The maximum atomic E-state index is 11.5. The number of aliphatic hydroxyl groups is 1. The van der Waals surface area contributed by atoms with Gasteiger partial charge in [0.2, 0.25) is 0 Å². The number of carbonyl (C=O) groups is 1. The van der Waals surface area contributed by atoms with Crippen molar-refractivity contribution in [1.82, 2.24) is 0 Å². The van der Waals surface area contributed by atoms with Gasteiger partial charge < -0.3 is 9.84 Å². The lowest BCUT2D eigenvalue weighted by Crippen LogP contribution is -2.22. The van der Waals surface area contributed by atoms with Gasteiger partial charge in [0.25, 0.3) is 0 Å². The first-order valence-electron chi connectivity index (χ1n) is 7.20. The number of rotatable bonds is 0. The van der Waals surface area contributed by atoms with Crippen LogP contribution in [0.5, 0.6) is 0 Å². The molecule has 0 fully saturated rings. The van der Waals surface area contributed by atoms with Gasteiger partial charge in [-0.3, -0.25) is 4.79 Å². The number of cyclic esters (lactones) is 1. The molecule has 0 radical (unpaired) electrons. The van der Waals surface area contributed by atoms with E-state index in [9.17, 15) is 9.90 Å². The Hall–Kier alpha value is -1.09. The zero-order valence-corrected chi connectivity index (χ0v) is 12.2. The van der Waals surface area contributed by atoms with Crippen LogP contribution in [-0.2, 0) is 9.53 Å². The predicted molar refractivity (Wildman–Crippen MR) is 76.6 cm³/mol. The van der Waals surface area contributed by atoms with Crippen LogP contribution < -0.4 is 0 Å². The Morgan fingerprint density at radius 3 is 2.63 bits per heavy atom. The average molecular weight is 266 g/mol. The molecule has 1 heterocycles. The normalized spacial score (nSPS) is 38.0. The summed E-state index contributed by atoms with van der Waals surface area (Å²) in [6.45, 7) is 6.10. The molecule has 108 valence electrons. The standard InChI is InChI=1S/C16H26O3/c1-12-8-5-4-6-11-16(18)19-13(2)9-7-10-15(17)14(12)3/h4-5,7,10,12-15,17H,6,8-9,11H2,1-3H3/b5-4+,10-7-. The molecule has 0 saturated carbocycles. The second-order valence-electron chi connectivity index (χ2n) is 5.54. The smallest absolute Gasteiger partial charge is 0.306 e. The summed E-state index contributed by atoms with van der Waals surface area (Å²) in [4.78, 5) is 11.5. The summed E-state index contributed by atoms with van der Waals surface area (Å²) in [6.07, 6.45) is 10.0. The van der Waals surface area contributed by atoms with Crippen LogP contribution in [0, 0.1) is 11.8 Å². The summed E-state index contributed by atoms with van der Waals surface area (Å²) in [6, 6.07) is 0. The Labute approximate surface area is 116 Å². The lowest BCUT2D eigenvalue weighted by molar-refractivity contribution is -0.147. The van der Waals surface area contributed by atoms with E-state index in [-0.39, 0.29) is 18.0 Å². The molecule has 3 nitrogen and oxygen atoms in total.